The molecule has 0 aliphatic rings. The summed E-state index contributed by atoms with van der Waals surface area (Å²) < 4.78 is 0. The van der Waals surface area contributed by atoms with E-state index in [1.54, 1.807) is 0 Å². The fourth-order valence-corrected chi connectivity index (χ4v) is 2.86. The second kappa shape index (κ2) is 20.3. The van der Waals surface area contributed by atoms with Crippen LogP contribution in [0.2, 0.25) is 0 Å². The van der Waals surface area contributed by atoms with E-state index in [9.17, 15) is 0 Å². The highest BCUT2D eigenvalue weighted by molar-refractivity contribution is 5.64. The van der Waals surface area contributed by atoms with Gasteiger partial charge in [0.2, 0.25) is 17.8 Å². The lowest BCUT2D eigenvalue weighted by Crippen LogP contribution is -2.08. The van der Waals surface area contributed by atoms with Crippen molar-refractivity contribution >= 4 is 34.9 Å². The molecule has 6 nitrogen and oxygen atoms in total. The van der Waals surface area contributed by atoms with Gasteiger partial charge in [-0.25, -0.2) is 0 Å². The number of aryl methyl sites for hydroxylation is 2. The molecule has 0 amide bonds. The van der Waals surface area contributed by atoms with Crippen molar-refractivity contribution in [1.82, 2.24) is 15.0 Å². The van der Waals surface area contributed by atoms with Crippen molar-refractivity contribution in [3.63, 3.8) is 0 Å². The molecular formula is C31H46N6. The van der Waals surface area contributed by atoms with Crippen LogP contribution in [0.1, 0.15) is 66.5 Å². The van der Waals surface area contributed by atoms with Gasteiger partial charge in [0.25, 0.3) is 0 Å². The Morgan fingerprint density at radius 1 is 0.405 bits per heavy atom. The van der Waals surface area contributed by atoms with Gasteiger partial charge in [-0.1, -0.05) is 110 Å². The summed E-state index contributed by atoms with van der Waals surface area (Å²) in [5, 5.41) is 9.84. The molecular weight excluding hydrogens is 456 g/mol. The lowest BCUT2D eigenvalue weighted by atomic mass is 10.2. The van der Waals surface area contributed by atoms with E-state index in [0.29, 0.717) is 17.8 Å². The van der Waals surface area contributed by atoms with E-state index in [4.69, 9.17) is 0 Å². The molecule has 0 unspecified atom stereocenters. The Hall–Kier alpha value is -3.93. The van der Waals surface area contributed by atoms with Crippen LogP contribution < -0.4 is 16.0 Å². The standard InChI is InChI=1S/C23H22N6.4C2H6/c1-16-10-6-8-14-19(16)25-22-27-21(24-18-12-4-3-5-13-18)28-23(29-22)26-20-15-9-7-11-17(20)2;4*1-2/h3-15H,1-2H3,(H3,24,25,26,27,28,29);4*1-2H3. The Kier molecular flexibility index (Phi) is 18.1. The number of nitrogens with one attached hydrogen (secondary N) is 3. The molecule has 4 rings (SSSR count). The highest BCUT2D eigenvalue weighted by Crippen LogP contribution is 2.23. The topological polar surface area (TPSA) is 74.8 Å². The predicted octanol–water partition coefficient (Wildman–Crippen LogP) is 9.82. The number of benzene rings is 3. The van der Waals surface area contributed by atoms with Crippen molar-refractivity contribution in [3.8, 4) is 0 Å². The molecule has 0 atom stereocenters. The first-order chi connectivity index (χ1) is 18.2. The zero-order valence-electron chi connectivity index (χ0n) is 24.3. The SMILES string of the molecule is CC.CC.CC.CC.Cc1ccccc1Nc1nc(Nc2ccccc2)nc(Nc2ccccc2C)n1. The number of anilines is 6. The Morgan fingerprint density at radius 2 is 0.730 bits per heavy atom. The maximum atomic E-state index is 4.56. The average Bonchev–Trinajstić information content (AvgIpc) is 2.96. The predicted molar refractivity (Wildman–Crippen MR) is 164 cm³/mol. The Labute approximate surface area is 225 Å². The second-order valence-electron chi connectivity index (χ2n) is 6.68. The van der Waals surface area contributed by atoms with E-state index in [2.05, 4.69) is 30.9 Å². The van der Waals surface area contributed by atoms with Gasteiger partial charge in [-0.3, -0.25) is 0 Å². The Morgan fingerprint density at radius 3 is 1.11 bits per heavy atom. The van der Waals surface area contributed by atoms with E-state index >= 15 is 0 Å². The minimum Gasteiger partial charge on any atom is -0.324 e. The van der Waals surface area contributed by atoms with Crippen LogP contribution in [0.15, 0.2) is 78.9 Å². The van der Waals surface area contributed by atoms with Crippen LogP contribution in [0.25, 0.3) is 0 Å². The van der Waals surface area contributed by atoms with Crippen molar-refractivity contribution in [3.05, 3.63) is 90.0 Å². The number of aromatic nitrogens is 3. The summed E-state index contributed by atoms with van der Waals surface area (Å²) in [6.45, 7) is 20.1. The van der Waals surface area contributed by atoms with Crippen molar-refractivity contribution in [1.29, 1.82) is 0 Å². The monoisotopic (exact) mass is 502 g/mol. The molecule has 0 aliphatic heterocycles. The van der Waals surface area contributed by atoms with Gasteiger partial charge in [0.15, 0.2) is 0 Å². The molecule has 0 spiro atoms. The van der Waals surface area contributed by atoms with Gasteiger partial charge in [-0.15, -0.1) is 0 Å². The molecule has 0 radical (unpaired) electrons. The van der Waals surface area contributed by atoms with Gasteiger partial charge in [-0.2, -0.15) is 15.0 Å². The van der Waals surface area contributed by atoms with Crippen LogP contribution >= 0.6 is 0 Å². The maximum Gasteiger partial charge on any atom is 0.233 e. The largest absolute Gasteiger partial charge is 0.324 e. The zero-order chi connectivity index (χ0) is 28.1. The summed E-state index contributed by atoms with van der Waals surface area (Å²) in [5.41, 5.74) is 5.03. The third-order valence-electron chi connectivity index (χ3n) is 4.45. The molecule has 37 heavy (non-hydrogen) atoms. The van der Waals surface area contributed by atoms with Crippen molar-refractivity contribution in [2.45, 2.75) is 69.2 Å². The van der Waals surface area contributed by atoms with Gasteiger partial charge in [0, 0.05) is 17.1 Å². The first-order valence-corrected chi connectivity index (χ1v) is 13.4. The van der Waals surface area contributed by atoms with Gasteiger partial charge in [-0.05, 0) is 49.2 Å². The molecule has 4 aromatic rings. The summed E-state index contributed by atoms with van der Waals surface area (Å²) in [6, 6.07) is 25.9. The summed E-state index contributed by atoms with van der Waals surface area (Å²) in [6.07, 6.45) is 0. The molecule has 1 heterocycles. The lowest BCUT2D eigenvalue weighted by Gasteiger charge is -2.13. The van der Waals surface area contributed by atoms with Gasteiger partial charge in [0.05, 0.1) is 0 Å². The molecule has 1 aromatic heterocycles. The number of nitrogens with zero attached hydrogens (tertiary/aromatic N) is 3. The fraction of sp³-hybridized carbons (Fsp3) is 0.323. The normalized spacial score (nSPS) is 8.81. The van der Waals surface area contributed by atoms with E-state index in [1.165, 1.54) is 0 Å². The van der Waals surface area contributed by atoms with E-state index < -0.39 is 0 Å². The molecule has 200 valence electrons. The Bertz CT molecular complexity index is 1050. The number of hydrogen-bond acceptors (Lipinski definition) is 6. The molecule has 0 aliphatic carbocycles. The minimum atomic E-state index is 0.457. The summed E-state index contributed by atoms with van der Waals surface area (Å²) in [4.78, 5) is 13.7. The molecule has 0 saturated heterocycles. The summed E-state index contributed by atoms with van der Waals surface area (Å²) >= 11 is 0. The third kappa shape index (κ3) is 11.6. The average molecular weight is 503 g/mol. The Balaban J connectivity index is 0.00000148. The van der Waals surface area contributed by atoms with Crippen LogP contribution in [0.4, 0.5) is 34.9 Å². The van der Waals surface area contributed by atoms with Crippen molar-refractivity contribution in [2.75, 3.05) is 16.0 Å². The number of rotatable bonds is 6. The quantitative estimate of drug-likeness (QED) is 0.243. The minimum absolute atomic E-state index is 0.457. The molecule has 3 N–H and O–H groups in total. The molecule has 0 fully saturated rings. The molecule has 0 bridgehead atoms. The maximum absolute atomic E-state index is 4.56. The second-order valence-corrected chi connectivity index (χ2v) is 6.68. The van der Waals surface area contributed by atoms with Crippen LogP contribution in [-0.2, 0) is 0 Å². The highest BCUT2D eigenvalue weighted by atomic mass is 15.3. The molecule has 3 aromatic carbocycles. The van der Waals surface area contributed by atoms with Crippen LogP contribution in [0, 0.1) is 13.8 Å². The summed E-state index contributed by atoms with van der Waals surface area (Å²) in [7, 11) is 0. The lowest BCUT2D eigenvalue weighted by molar-refractivity contribution is 1.06. The van der Waals surface area contributed by atoms with E-state index in [1.807, 2.05) is 148 Å². The van der Waals surface area contributed by atoms with E-state index in [-0.39, 0.29) is 0 Å². The first-order valence-electron chi connectivity index (χ1n) is 13.4. The number of para-hydroxylation sites is 3. The molecule has 0 saturated carbocycles. The zero-order valence-corrected chi connectivity index (χ0v) is 24.3. The van der Waals surface area contributed by atoms with Gasteiger partial charge < -0.3 is 16.0 Å². The van der Waals surface area contributed by atoms with Crippen LogP contribution in [0.5, 0.6) is 0 Å². The third-order valence-corrected chi connectivity index (χ3v) is 4.45. The van der Waals surface area contributed by atoms with Crippen LogP contribution in [0.3, 0.4) is 0 Å². The fourth-order valence-electron chi connectivity index (χ4n) is 2.86. The molecule has 6 heteroatoms. The number of hydrogen-bond donors (Lipinski definition) is 3. The van der Waals surface area contributed by atoms with Crippen LogP contribution in [-0.4, -0.2) is 15.0 Å². The summed E-state index contributed by atoms with van der Waals surface area (Å²) in [5.74, 6) is 1.38. The first kappa shape index (κ1) is 33.1. The van der Waals surface area contributed by atoms with Crippen molar-refractivity contribution < 1.29 is 0 Å². The van der Waals surface area contributed by atoms with E-state index in [0.717, 1.165) is 28.2 Å². The smallest absolute Gasteiger partial charge is 0.233 e. The highest BCUT2D eigenvalue weighted by Gasteiger charge is 2.10. The van der Waals surface area contributed by atoms with Gasteiger partial charge >= 0.3 is 0 Å². The van der Waals surface area contributed by atoms with Gasteiger partial charge in [0.1, 0.15) is 0 Å². The van der Waals surface area contributed by atoms with Crippen molar-refractivity contribution in [2.24, 2.45) is 0 Å².